The highest BCUT2D eigenvalue weighted by Crippen LogP contribution is 2.18. The largest absolute Gasteiger partial charge is 0.387 e. The van der Waals surface area contributed by atoms with E-state index in [1.807, 2.05) is 11.9 Å². The lowest BCUT2D eigenvalue weighted by Gasteiger charge is -2.35. The standard InChI is InChI=1S/C15H21FN4O/c1-20(10-15(21)5-2-6-17-9-15)8-14-18-12-4-3-11(16)7-13(12)19-14/h3-4,7,17,21H,2,5-6,8-10H2,1H3,(H,18,19)/t15-/m1/s1. The fourth-order valence-electron chi connectivity index (χ4n) is 3.01. The molecule has 114 valence electrons. The third-order valence-electron chi connectivity index (χ3n) is 3.93. The Labute approximate surface area is 123 Å². The fourth-order valence-corrected chi connectivity index (χ4v) is 3.01. The van der Waals surface area contributed by atoms with Gasteiger partial charge in [-0.2, -0.15) is 0 Å². The van der Waals surface area contributed by atoms with E-state index in [9.17, 15) is 9.50 Å². The Morgan fingerprint density at radius 3 is 3.10 bits per heavy atom. The van der Waals surface area contributed by atoms with Crippen LogP contribution in [0, 0.1) is 5.82 Å². The number of hydrogen-bond donors (Lipinski definition) is 3. The zero-order valence-corrected chi connectivity index (χ0v) is 12.2. The number of nitrogens with zero attached hydrogens (tertiary/aromatic N) is 2. The summed E-state index contributed by atoms with van der Waals surface area (Å²) in [5, 5.41) is 13.7. The molecule has 3 N–H and O–H groups in total. The van der Waals surface area contributed by atoms with Crippen LogP contribution in [0.3, 0.4) is 0 Å². The van der Waals surface area contributed by atoms with Gasteiger partial charge >= 0.3 is 0 Å². The van der Waals surface area contributed by atoms with Crippen LogP contribution in [0.2, 0.25) is 0 Å². The van der Waals surface area contributed by atoms with Crippen molar-refractivity contribution in [2.24, 2.45) is 0 Å². The normalized spacial score (nSPS) is 23.0. The number of likely N-dealkylation sites (N-methyl/N-ethyl adjacent to an activating group) is 1. The summed E-state index contributed by atoms with van der Waals surface area (Å²) in [5.74, 6) is 0.513. The Hall–Kier alpha value is -1.50. The van der Waals surface area contributed by atoms with Crippen LogP contribution in [0.25, 0.3) is 11.0 Å². The summed E-state index contributed by atoms with van der Waals surface area (Å²) in [5.41, 5.74) is 0.791. The number of benzene rings is 1. The van der Waals surface area contributed by atoms with E-state index >= 15 is 0 Å². The van der Waals surface area contributed by atoms with Crippen LogP contribution in [-0.4, -0.2) is 52.3 Å². The van der Waals surface area contributed by atoms with Gasteiger partial charge in [0.15, 0.2) is 0 Å². The van der Waals surface area contributed by atoms with E-state index in [1.54, 1.807) is 6.07 Å². The van der Waals surface area contributed by atoms with Gasteiger partial charge in [-0.3, -0.25) is 4.90 Å². The molecule has 5 nitrogen and oxygen atoms in total. The summed E-state index contributed by atoms with van der Waals surface area (Å²) >= 11 is 0. The molecule has 1 aliphatic heterocycles. The number of hydrogen-bond acceptors (Lipinski definition) is 4. The molecule has 0 radical (unpaired) electrons. The Kier molecular flexibility index (Phi) is 3.93. The van der Waals surface area contributed by atoms with Crippen molar-refractivity contribution in [1.29, 1.82) is 0 Å². The molecule has 2 aromatic rings. The number of aromatic amines is 1. The second kappa shape index (κ2) is 5.71. The lowest BCUT2D eigenvalue weighted by atomic mass is 9.94. The maximum atomic E-state index is 13.2. The molecule has 0 aliphatic carbocycles. The number of aliphatic hydroxyl groups is 1. The smallest absolute Gasteiger partial charge is 0.125 e. The lowest BCUT2D eigenvalue weighted by Crippen LogP contribution is -2.52. The Balaban J connectivity index is 1.66. The summed E-state index contributed by atoms with van der Waals surface area (Å²) in [6.07, 6.45) is 1.81. The summed E-state index contributed by atoms with van der Waals surface area (Å²) in [6, 6.07) is 4.53. The van der Waals surface area contributed by atoms with E-state index in [0.29, 0.717) is 25.2 Å². The van der Waals surface area contributed by atoms with Crippen LogP contribution in [0.5, 0.6) is 0 Å². The molecule has 3 rings (SSSR count). The maximum absolute atomic E-state index is 13.2. The summed E-state index contributed by atoms with van der Waals surface area (Å²) < 4.78 is 13.2. The summed E-state index contributed by atoms with van der Waals surface area (Å²) in [7, 11) is 1.96. The van der Waals surface area contributed by atoms with Crippen molar-refractivity contribution in [2.75, 3.05) is 26.7 Å². The predicted octanol–water partition coefficient (Wildman–Crippen LogP) is 1.25. The molecular weight excluding hydrogens is 271 g/mol. The minimum absolute atomic E-state index is 0.270. The molecule has 1 aromatic heterocycles. The number of β-amino-alcohol motifs (C(OH)–C–C–N with tert-alkyl or cyclic N) is 1. The van der Waals surface area contributed by atoms with Gasteiger partial charge < -0.3 is 15.4 Å². The van der Waals surface area contributed by atoms with E-state index in [4.69, 9.17) is 0 Å². The van der Waals surface area contributed by atoms with Crippen LogP contribution in [0.4, 0.5) is 4.39 Å². The van der Waals surface area contributed by atoms with Gasteiger partial charge in [0.1, 0.15) is 11.6 Å². The first-order chi connectivity index (χ1) is 10.0. The maximum Gasteiger partial charge on any atom is 0.125 e. The number of piperidine rings is 1. The third kappa shape index (κ3) is 3.40. The number of fused-ring (bicyclic) bond motifs is 1. The molecular formula is C15H21FN4O. The number of halogens is 1. The van der Waals surface area contributed by atoms with E-state index < -0.39 is 5.60 Å². The van der Waals surface area contributed by atoms with Gasteiger partial charge in [-0.25, -0.2) is 9.37 Å². The second-order valence-corrected chi connectivity index (χ2v) is 6.02. The highest BCUT2D eigenvalue weighted by molar-refractivity contribution is 5.74. The quantitative estimate of drug-likeness (QED) is 0.793. The molecule has 0 spiro atoms. The SMILES string of the molecule is CN(Cc1nc2ccc(F)cc2[nH]1)C[C@@]1(O)CCCNC1. The van der Waals surface area contributed by atoms with Crippen LogP contribution in [0.15, 0.2) is 18.2 Å². The van der Waals surface area contributed by atoms with Gasteiger partial charge in [-0.1, -0.05) is 0 Å². The van der Waals surface area contributed by atoms with Crippen molar-refractivity contribution >= 4 is 11.0 Å². The first-order valence-electron chi connectivity index (χ1n) is 7.30. The van der Waals surface area contributed by atoms with E-state index in [-0.39, 0.29) is 5.82 Å². The molecule has 2 heterocycles. The highest BCUT2D eigenvalue weighted by atomic mass is 19.1. The van der Waals surface area contributed by atoms with Gasteiger partial charge in [-0.15, -0.1) is 0 Å². The van der Waals surface area contributed by atoms with Gasteiger partial charge in [0.05, 0.1) is 23.2 Å². The Morgan fingerprint density at radius 2 is 2.33 bits per heavy atom. The summed E-state index contributed by atoms with van der Waals surface area (Å²) in [4.78, 5) is 9.62. The fraction of sp³-hybridized carbons (Fsp3) is 0.533. The molecule has 1 fully saturated rings. The number of nitrogens with one attached hydrogen (secondary N) is 2. The molecule has 1 aliphatic rings. The molecule has 0 saturated carbocycles. The van der Waals surface area contributed by atoms with E-state index in [2.05, 4.69) is 15.3 Å². The van der Waals surface area contributed by atoms with Crippen LogP contribution >= 0.6 is 0 Å². The first-order valence-corrected chi connectivity index (χ1v) is 7.30. The van der Waals surface area contributed by atoms with Gasteiger partial charge in [0.25, 0.3) is 0 Å². The second-order valence-electron chi connectivity index (χ2n) is 6.02. The Morgan fingerprint density at radius 1 is 1.48 bits per heavy atom. The number of imidazole rings is 1. The monoisotopic (exact) mass is 292 g/mol. The van der Waals surface area contributed by atoms with Crippen molar-refractivity contribution < 1.29 is 9.50 Å². The average Bonchev–Trinajstić information content (AvgIpc) is 2.79. The van der Waals surface area contributed by atoms with Crippen LogP contribution < -0.4 is 5.32 Å². The topological polar surface area (TPSA) is 64.2 Å². The minimum Gasteiger partial charge on any atom is -0.387 e. The predicted molar refractivity (Wildman–Crippen MR) is 79.4 cm³/mol. The number of rotatable bonds is 4. The molecule has 1 saturated heterocycles. The molecule has 1 aromatic carbocycles. The number of H-pyrrole nitrogens is 1. The van der Waals surface area contributed by atoms with Crippen molar-refractivity contribution in [3.63, 3.8) is 0 Å². The van der Waals surface area contributed by atoms with Crippen molar-refractivity contribution in [3.8, 4) is 0 Å². The lowest BCUT2D eigenvalue weighted by molar-refractivity contribution is -0.0116. The van der Waals surface area contributed by atoms with Crippen molar-refractivity contribution in [3.05, 3.63) is 29.8 Å². The van der Waals surface area contributed by atoms with Crippen molar-refractivity contribution in [2.45, 2.75) is 25.0 Å². The first kappa shape index (κ1) is 14.4. The molecule has 0 bridgehead atoms. The third-order valence-corrected chi connectivity index (χ3v) is 3.93. The van der Waals surface area contributed by atoms with Gasteiger partial charge in [0.2, 0.25) is 0 Å². The molecule has 1 atom stereocenters. The zero-order valence-electron chi connectivity index (χ0n) is 12.2. The minimum atomic E-state index is -0.675. The zero-order chi connectivity index (χ0) is 14.9. The average molecular weight is 292 g/mol. The molecule has 0 amide bonds. The summed E-state index contributed by atoms with van der Waals surface area (Å²) in [6.45, 7) is 2.79. The van der Waals surface area contributed by atoms with Crippen LogP contribution in [0.1, 0.15) is 18.7 Å². The molecule has 21 heavy (non-hydrogen) atoms. The Bertz CT molecular complexity index is 621. The van der Waals surface area contributed by atoms with E-state index in [0.717, 1.165) is 30.7 Å². The van der Waals surface area contributed by atoms with E-state index in [1.165, 1.54) is 12.1 Å². The van der Waals surface area contributed by atoms with Gasteiger partial charge in [-0.05, 0) is 44.6 Å². The van der Waals surface area contributed by atoms with Gasteiger partial charge in [0, 0.05) is 13.1 Å². The number of aromatic nitrogens is 2. The highest BCUT2D eigenvalue weighted by Gasteiger charge is 2.30. The van der Waals surface area contributed by atoms with Crippen LogP contribution in [-0.2, 0) is 6.54 Å². The molecule has 6 heteroatoms. The molecule has 0 unspecified atom stereocenters. The van der Waals surface area contributed by atoms with Crippen molar-refractivity contribution in [1.82, 2.24) is 20.2 Å².